The van der Waals surface area contributed by atoms with Gasteiger partial charge in [-0.3, -0.25) is 0 Å². The predicted octanol–water partition coefficient (Wildman–Crippen LogP) is 20.3. The Morgan fingerprint density at radius 1 is 0.250 bits per heavy atom. The number of hydrogen-bond acceptors (Lipinski definition) is 1. The summed E-state index contributed by atoms with van der Waals surface area (Å²) in [5.74, 6) is 0. The van der Waals surface area contributed by atoms with Gasteiger partial charge in [-0.05, 0) is 148 Å². The van der Waals surface area contributed by atoms with E-state index in [9.17, 15) is 0 Å². The van der Waals surface area contributed by atoms with Crippen LogP contribution in [-0.2, 0) is 5.41 Å². The second-order valence-electron chi connectivity index (χ2n) is 21.3. The van der Waals surface area contributed by atoms with Gasteiger partial charge in [0.05, 0.1) is 27.8 Å². The molecule has 2 nitrogen and oxygen atoms in total. The summed E-state index contributed by atoms with van der Waals surface area (Å²) in [6, 6.07) is 112. The number of pyridine rings is 1. The molecule has 0 atom stereocenters. The third kappa shape index (κ3) is 7.09. The number of hydrogen-bond donors (Lipinski definition) is 0. The fourth-order valence-corrected chi connectivity index (χ4v) is 13.5. The van der Waals surface area contributed by atoms with Crippen molar-refractivity contribution in [3.05, 3.63) is 326 Å². The Morgan fingerprint density at radius 3 is 1.39 bits per heavy atom. The van der Waals surface area contributed by atoms with Gasteiger partial charge in [0, 0.05) is 27.6 Å². The van der Waals surface area contributed by atoms with Crippen molar-refractivity contribution in [2.45, 2.75) is 5.41 Å². The van der Waals surface area contributed by atoms with Gasteiger partial charge in [-0.15, -0.1) is 0 Å². The predicted molar refractivity (Wildman–Crippen MR) is 336 cm³/mol. The number of rotatable bonds is 8. The van der Waals surface area contributed by atoms with Crippen LogP contribution in [0.15, 0.2) is 303 Å². The molecule has 0 N–H and O–H groups in total. The standard InChI is InChI=1S/C78H50N2/c1-5-22-51(23-6-1)54-41-43-67-66-34-18-20-39-75(66)80(76(67)50-54)60-45-55(53-40-42-65-63-32-14-13-30-61(63)62-31-15-16-33-64(62)70(65)47-53)44-57(46-60)73-48-56(52-24-7-2-8-25-52)49-74(79-73)69-36-21-38-72-77(69)68-35-17-19-37-71(68)78(72,58-26-9-3-10-27-58)59-28-11-4-12-29-59/h1-50H. The summed E-state index contributed by atoms with van der Waals surface area (Å²) in [6.45, 7) is 0. The van der Waals surface area contributed by atoms with Crippen molar-refractivity contribution in [2.75, 3.05) is 0 Å². The summed E-state index contributed by atoms with van der Waals surface area (Å²) < 4.78 is 2.48. The van der Waals surface area contributed by atoms with E-state index in [0.29, 0.717) is 0 Å². The van der Waals surface area contributed by atoms with Crippen molar-refractivity contribution in [1.29, 1.82) is 0 Å². The number of fused-ring (bicyclic) bond motifs is 12. The van der Waals surface area contributed by atoms with E-state index in [1.165, 1.54) is 87.6 Å². The van der Waals surface area contributed by atoms with E-state index in [2.05, 4.69) is 308 Å². The molecule has 2 heterocycles. The molecule has 0 unspecified atom stereocenters. The molecule has 0 saturated carbocycles. The van der Waals surface area contributed by atoms with E-state index in [1.807, 2.05) is 0 Å². The van der Waals surface area contributed by atoms with E-state index in [4.69, 9.17) is 4.98 Å². The zero-order valence-corrected chi connectivity index (χ0v) is 43.8. The summed E-state index contributed by atoms with van der Waals surface area (Å²) in [6.07, 6.45) is 0. The first-order valence-corrected chi connectivity index (χ1v) is 27.7. The molecule has 13 aromatic carbocycles. The van der Waals surface area contributed by atoms with Crippen LogP contribution in [0, 0.1) is 0 Å². The van der Waals surface area contributed by atoms with Gasteiger partial charge in [-0.25, -0.2) is 4.98 Å². The number of aromatic nitrogens is 2. The number of benzene rings is 13. The van der Waals surface area contributed by atoms with Gasteiger partial charge in [-0.2, -0.15) is 0 Å². The molecule has 16 rings (SSSR count). The van der Waals surface area contributed by atoms with Crippen molar-refractivity contribution < 1.29 is 0 Å². The van der Waals surface area contributed by atoms with Gasteiger partial charge in [0.25, 0.3) is 0 Å². The van der Waals surface area contributed by atoms with Gasteiger partial charge >= 0.3 is 0 Å². The van der Waals surface area contributed by atoms with Crippen LogP contribution in [-0.4, -0.2) is 9.55 Å². The molecule has 1 aliphatic carbocycles. The van der Waals surface area contributed by atoms with Gasteiger partial charge < -0.3 is 4.57 Å². The Balaban J connectivity index is 0.978. The average Bonchev–Trinajstić information content (AvgIpc) is 4.24. The summed E-state index contributed by atoms with van der Waals surface area (Å²) in [5, 5.41) is 9.95. The molecular formula is C78H50N2. The monoisotopic (exact) mass is 1010 g/mol. The highest BCUT2D eigenvalue weighted by Gasteiger charge is 2.47. The van der Waals surface area contributed by atoms with Crippen LogP contribution in [0.1, 0.15) is 22.3 Å². The van der Waals surface area contributed by atoms with Crippen LogP contribution in [0.4, 0.5) is 0 Å². The summed E-state index contributed by atoms with van der Waals surface area (Å²) >= 11 is 0. The molecule has 0 amide bonds. The van der Waals surface area contributed by atoms with Crippen LogP contribution in [0.3, 0.4) is 0 Å². The SMILES string of the molecule is c1ccc(-c2cc(-c3cc(-c4ccc5c6ccccc6c6ccccc6c5c4)cc(-n4c5ccccc5c5ccc(-c6ccccc6)cc54)c3)nc(-c3cccc4c3-c3ccccc3C4(c3ccccc3)c3ccccc3)c2)cc1. The molecule has 0 bridgehead atoms. The summed E-state index contributed by atoms with van der Waals surface area (Å²) in [4.78, 5) is 5.89. The molecule has 0 saturated heterocycles. The molecule has 80 heavy (non-hydrogen) atoms. The van der Waals surface area contributed by atoms with E-state index < -0.39 is 5.41 Å². The Morgan fingerprint density at radius 2 is 0.713 bits per heavy atom. The van der Waals surface area contributed by atoms with Crippen molar-refractivity contribution in [3.63, 3.8) is 0 Å². The minimum absolute atomic E-state index is 0.548. The Bertz CT molecular complexity index is 4850. The highest BCUT2D eigenvalue weighted by Crippen LogP contribution is 2.58. The quantitative estimate of drug-likeness (QED) is 0.139. The second kappa shape index (κ2) is 18.4. The fourth-order valence-electron chi connectivity index (χ4n) is 13.5. The summed E-state index contributed by atoms with van der Waals surface area (Å²) in [7, 11) is 0. The first-order chi connectivity index (χ1) is 39.7. The summed E-state index contributed by atoms with van der Waals surface area (Å²) in [5.41, 5.74) is 21.1. The Labute approximate surface area is 464 Å². The normalized spacial score (nSPS) is 12.6. The average molecular weight is 1020 g/mol. The van der Waals surface area contributed by atoms with Gasteiger partial charge in [0.2, 0.25) is 0 Å². The molecule has 0 fully saturated rings. The topological polar surface area (TPSA) is 17.8 Å². The van der Waals surface area contributed by atoms with Crippen molar-refractivity contribution in [1.82, 2.24) is 9.55 Å². The van der Waals surface area contributed by atoms with Crippen molar-refractivity contribution in [2.24, 2.45) is 0 Å². The largest absolute Gasteiger partial charge is 0.309 e. The third-order valence-electron chi connectivity index (χ3n) is 17.0. The Hall–Kier alpha value is -10.4. The molecule has 2 heteroatoms. The zero-order chi connectivity index (χ0) is 52.7. The minimum atomic E-state index is -0.548. The maximum Gasteiger partial charge on any atom is 0.0722 e. The molecule has 15 aromatic rings. The first-order valence-electron chi connectivity index (χ1n) is 27.7. The number of nitrogens with zero attached hydrogens (tertiary/aromatic N) is 2. The number of para-hydroxylation sites is 1. The zero-order valence-electron chi connectivity index (χ0n) is 43.8. The van der Waals surface area contributed by atoms with E-state index in [0.717, 1.165) is 61.5 Å². The van der Waals surface area contributed by atoms with Crippen LogP contribution >= 0.6 is 0 Å². The molecule has 1 aliphatic rings. The molecule has 2 aromatic heterocycles. The van der Waals surface area contributed by atoms with Crippen molar-refractivity contribution in [3.8, 4) is 72.7 Å². The maximum atomic E-state index is 5.89. The van der Waals surface area contributed by atoms with Crippen LogP contribution < -0.4 is 0 Å². The lowest BCUT2D eigenvalue weighted by Gasteiger charge is -2.33. The lowest BCUT2D eigenvalue weighted by molar-refractivity contribution is 0.768. The third-order valence-corrected chi connectivity index (χ3v) is 17.0. The maximum absolute atomic E-state index is 5.89. The molecule has 0 aliphatic heterocycles. The minimum Gasteiger partial charge on any atom is -0.309 e. The van der Waals surface area contributed by atoms with Crippen molar-refractivity contribution >= 4 is 54.1 Å². The lowest BCUT2D eigenvalue weighted by Crippen LogP contribution is -2.28. The van der Waals surface area contributed by atoms with E-state index in [-0.39, 0.29) is 0 Å². The Kier molecular flexibility index (Phi) is 10.5. The molecule has 0 radical (unpaired) electrons. The second-order valence-corrected chi connectivity index (χ2v) is 21.3. The highest BCUT2D eigenvalue weighted by molar-refractivity contribution is 6.26. The smallest absolute Gasteiger partial charge is 0.0722 e. The fraction of sp³-hybridized carbons (Fsp3) is 0.0128. The molecule has 372 valence electrons. The first kappa shape index (κ1) is 45.8. The van der Waals surface area contributed by atoms with Crippen LogP contribution in [0.2, 0.25) is 0 Å². The van der Waals surface area contributed by atoms with Gasteiger partial charge in [0.15, 0.2) is 0 Å². The molecule has 0 spiro atoms. The van der Waals surface area contributed by atoms with Gasteiger partial charge in [0.1, 0.15) is 0 Å². The highest BCUT2D eigenvalue weighted by atomic mass is 15.0. The van der Waals surface area contributed by atoms with Gasteiger partial charge in [-0.1, -0.05) is 255 Å². The van der Waals surface area contributed by atoms with E-state index in [1.54, 1.807) is 0 Å². The van der Waals surface area contributed by atoms with E-state index >= 15 is 0 Å². The van der Waals surface area contributed by atoms with Crippen LogP contribution in [0.5, 0.6) is 0 Å². The van der Waals surface area contributed by atoms with Crippen LogP contribution in [0.25, 0.3) is 127 Å². The molecular weight excluding hydrogens is 965 g/mol. The lowest BCUT2D eigenvalue weighted by atomic mass is 9.67.